The summed E-state index contributed by atoms with van der Waals surface area (Å²) >= 11 is 0. The first-order valence-electron chi connectivity index (χ1n) is 5.65. The largest absolute Gasteiger partial charge is 0.387 e. The van der Waals surface area contributed by atoms with Crippen LogP contribution in [0.2, 0.25) is 0 Å². The summed E-state index contributed by atoms with van der Waals surface area (Å²) < 4.78 is 0. The van der Waals surface area contributed by atoms with Crippen molar-refractivity contribution in [1.29, 1.82) is 0 Å². The van der Waals surface area contributed by atoms with Crippen LogP contribution in [0, 0.1) is 6.92 Å². The first kappa shape index (κ1) is 11.0. The number of anilines is 1. The van der Waals surface area contributed by atoms with E-state index in [4.69, 9.17) is 0 Å². The summed E-state index contributed by atoms with van der Waals surface area (Å²) in [4.78, 5) is 12.0. The Bertz CT molecular complexity index is 422. The molecule has 0 heterocycles. The molecule has 86 valence electrons. The van der Waals surface area contributed by atoms with Crippen molar-refractivity contribution in [1.82, 2.24) is 5.32 Å². The molecule has 1 amide bonds. The van der Waals surface area contributed by atoms with Crippen LogP contribution in [0.4, 0.5) is 5.69 Å². The number of carbonyl (C=O) groups excluding carboxylic acids is 1. The highest BCUT2D eigenvalue weighted by Crippen LogP contribution is 2.34. The average molecular weight is 218 g/mol. The predicted octanol–water partition coefficient (Wildman–Crippen LogP) is 2.32. The molecule has 0 aromatic heterocycles. The van der Waals surface area contributed by atoms with E-state index in [0.29, 0.717) is 0 Å². The fourth-order valence-electron chi connectivity index (χ4n) is 1.72. The smallest absolute Gasteiger partial charge is 0.253 e. The Balaban J connectivity index is 2.21. The molecule has 0 atom stereocenters. The van der Waals surface area contributed by atoms with Gasteiger partial charge in [0.25, 0.3) is 5.91 Å². The number of amides is 1. The average Bonchev–Trinajstić information content (AvgIpc) is 2.95. The standard InChI is InChI=1S/C13H18N2O/c1-9-4-5-10(11(8-9)14-3)12(16)15-13(2)6-7-13/h4-5,8,14H,6-7H2,1-3H3,(H,15,16). The molecule has 2 rings (SSSR count). The second kappa shape index (κ2) is 3.81. The summed E-state index contributed by atoms with van der Waals surface area (Å²) in [6.07, 6.45) is 2.17. The molecular weight excluding hydrogens is 200 g/mol. The van der Waals surface area contributed by atoms with Crippen molar-refractivity contribution < 1.29 is 4.79 Å². The molecule has 1 aromatic carbocycles. The molecule has 1 aliphatic rings. The number of nitrogens with one attached hydrogen (secondary N) is 2. The first-order valence-corrected chi connectivity index (χ1v) is 5.65. The van der Waals surface area contributed by atoms with Gasteiger partial charge in [-0.25, -0.2) is 0 Å². The van der Waals surface area contributed by atoms with Crippen molar-refractivity contribution in [3.8, 4) is 0 Å². The molecule has 16 heavy (non-hydrogen) atoms. The van der Waals surface area contributed by atoms with Gasteiger partial charge in [-0.05, 0) is 44.4 Å². The summed E-state index contributed by atoms with van der Waals surface area (Å²) in [5.74, 6) is 0.0179. The Morgan fingerprint density at radius 1 is 1.38 bits per heavy atom. The van der Waals surface area contributed by atoms with Crippen molar-refractivity contribution in [3.63, 3.8) is 0 Å². The van der Waals surface area contributed by atoms with Crippen LogP contribution in [-0.4, -0.2) is 18.5 Å². The van der Waals surface area contributed by atoms with Crippen LogP contribution in [0.15, 0.2) is 18.2 Å². The Labute approximate surface area is 96.2 Å². The van der Waals surface area contributed by atoms with Crippen molar-refractivity contribution >= 4 is 11.6 Å². The number of aryl methyl sites for hydroxylation is 1. The third-order valence-corrected chi connectivity index (χ3v) is 3.10. The van der Waals surface area contributed by atoms with Gasteiger partial charge in [0.2, 0.25) is 0 Å². The molecule has 3 heteroatoms. The van der Waals surface area contributed by atoms with Gasteiger partial charge in [0.1, 0.15) is 0 Å². The summed E-state index contributed by atoms with van der Waals surface area (Å²) in [5, 5.41) is 6.12. The Morgan fingerprint density at radius 3 is 2.62 bits per heavy atom. The number of benzene rings is 1. The van der Waals surface area contributed by atoms with Gasteiger partial charge in [-0.15, -0.1) is 0 Å². The van der Waals surface area contributed by atoms with Crippen molar-refractivity contribution in [3.05, 3.63) is 29.3 Å². The van der Waals surface area contributed by atoms with E-state index in [2.05, 4.69) is 17.6 Å². The monoisotopic (exact) mass is 218 g/mol. The minimum Gasteiger partial charge on any atom is -0.387 e. The lowest BCUT2D eigenvalue weighted by atomic mass is 10.1. The lowest BCUT2D eigenvalue weighted by Crippen LogP contribution is -2.34. The number of carbonyl (C=O) groups is 1. The maximum Gasteiger partial charge on any atom is 0.253 e. The topological polar surface area (TPSA) is 41.1 Å². The van der Waals surface area contributed by atoms with Gasteiger partial charge in [0, 0.05) is 18.3 Å². The number of hydrogen-bond acceptors (Lipinski definition) is 2. The predicted molar refractivity (Wildman–Crippen MR) is 65.8 cm³/mol. The zero-order valence-corrected chi connectivity index (χ0v) is 10.1. The third kappa shape index (κ3) is 2.18. The van der Waals surface area contributed by atoms with Crippen molar-refractivity contribution in [2.75, 3.05) is 12.4 Å². The molecule has 0 bridgehead atoms. The van der Waals surface area contributed by atoms with E-state index in [1.165, 1.54) is 0 Å². The molecule has 1 aliphatic carbocycles. The molecule has 3 nitrogen and oxygen atoms in total. The highest BCUT2D eigenvalue weighted by atomic mass is 16.1. The molecule has 0 saturated heterocycles. The molecule has 0 spiro atoms. The molecular formula is C13H18N2O. The summed E-state index contributed by atoms with van der Waals surface area (Å²) in [7, 11) is 1.84. The Morgan fingerprint density at radius 2 is 2.06 bits per heavy atom. The van der Waals surface area contributed by atoms with Crippen molar-refractivity contribution in [2.45, 2.75) is 32.2 Å². The summed E-state index contributed by atoms with van der Waals surface area (Å²) in [6.45, 7) is 4.10. The maximum atomic E-state index is 12.0. The van der Waals surface area contributed by atoms with Crippen LogP contribution < -0.4 is 10.6 Å². The lowest BCUT2D eigenvalue weighted by molar-refractivity contribution is 0.0936. The normalized spacial score (nSPS) is 16.7. The maximum absolute atomic E-state index is 12.0. The van der Waals surface area contributed by atoms with Crippen LogP contribution >= 0.6 is 0 Å². The van der Waals surface area contributed by atoms with Crippen LogP contribution in [0.1, 0.15) is 35.7 Å². The van der Waals surface area contributed by atoms with E-state index in [1.807, 2.05) is 32.2 Å². The zero-order valence-electron chi connectivity index (χ0n) is 10.1. The molecule has 0 aliphatic heterocycles. The van der Waals surface area contributed by atoms with Gasteiger partial charge in [-0.3, -0.25) is 4.79 Å². The molecule has 0 radical (unpaired) electrons. The highest BCUT2D eigenvalue weighted by molar-refractivity contribution is 6.00. The van der Waals surface area contributed by atoms with Gasteiger partial charge < -0.3 is 10.6 Å². The summed E-state index contributed by atoms with van der Waals surface area (Å²) in [5.41, 5.74) is 2.80. The second-order valence-electron chi connectivity index (χ2n) is 4.81. The minimum atomic E-state index is 0.0179. The van der Waals surface area contributed by atoms with E-state index >= 15 is 0 Å². The van der Waals surface area contributed by atoms with Crippen LogP contribution in [0.25, 0.3) is 0 Å². The SMILES string of the molecule is CNc1cc(C)ccc1C(=O)NC1(C)CC1. The van der Waals surface area contributed by atoms with Crippen LogP contribution in [0.5, 0.6) is 0 Å². The number of hydrogen-bond donors (Lipinski definition) is 2. The van der Waals surface area contributed by atoms with Gasteiger partial charge in [-0.2, -0.15) is 0 Å². The molecule has 1 saturated carbocycles. The highest BCUT2D eigenvalue weighted by Gasteiger charge is 2.39. The van der Waals surface area contributed by atoms with Crippen LogP contribution in [0.3, 0.4) is 0 Å². The van der Waals surface area contributed by atoms with E-state index < -0.39 is 0 Å². The van der Waals surface area contributed by atoms with Crippen molar-refractivity contribution in [2.24, 2.45) is 0 Å². The van der Waals surface area contributed by atoms with Gasteiger partial charge in [0.05, 0.1) is 5.56 Å². The van der Waals surface area contributed by atoms with E-state index in [9.17, 15) is 4.79 Å². The van der Waals surface area contributed by atoms with Crippen LogP contribution in [-0.2, 0) is 0 Å². The molecule has 0 unspecified atom stereocenters. The fraction of sp³-hybridized carbons (Fsp3) is 0.462. The molecule has 1 fully saturated rings. The van der Waals surface area contributed by atoms with Gasteiger partial charge >= 0.3 is 0 Å². The van der Waals surface area contributed by atoms with Gasteiger partial charge in [0.15, 0.2) is 0 Å². The zero-order chi connectivity index (χ0) is 11.8. The first-order chi connectivity index (χ1) is 7.54. The van der Waals surface area contributed by atoms with E-state index in [1.54, 1.807) is 0 Å². The Hall–Kier alpha value is -1.51. The van der Waals surface area contributed by atoms with E-state index in [-0.39, 0.29) is 11.4 Å². The summed E-state index contributed by atoms with van der Waals surface area (Å²) in [6, 6.07) is 5.83. The lowest BCUT2D eigenvalue weighted by Gasteiger charge is -2.14. The minimum absolute atomic E-state index is 0.0179. The van der Waals surface area contributed by atoms with Gasteiger partial charge in [-0.1, -0.05) is 6.07 Å². The third-order valence-electron chi connectivity index (χ3n) is 3.10. The van der Waals surface area contributed by atoms with E-state index in [0.717, 1.165) is 29.7 Å². The Kier molecular flexibility index (Phi) is 2.62. The second-order valence-corrected chi connectivity index (χ2v) is 4.81. The molecule has 1 aromatic rings. The molecule has 2 N–H and O–H groups in total. The fourth-order valence-corrected chi connectivity index (χ4v) is 1.72. The quantitative estimate of drug-likeness (QED) is 0.817. The number of rotatable bonds is 3.